The fourth-order valence-electron chi connectivity index (χ4n) is 1.25. The Morgan fingerprint density at radius 1 is 1.11 bits per heavy atom. The van der Waals surface area contributed by atoms with Crippen molar-refractivity contribution < 1.29 is 9.47 Å². The molecule has 0 spiro atoms. The Labute approximate surface area is 129 Å². The van der Waals surface area contributed by atoms with Gasteiger partial charge in [0.1, 0.15) is 5.75 Å². The lowest BCUT2D eigenvalue weighted by atomic mass is 10.3. The number of para-hydroxylation sites is 1. The largest absolute Gasteiger partial charge is 0.461 e. The van der Waals surface area contributed by atoms with Crippen LogP contribution in [0.5, 0.6) is 17.8 Å². The van der Waals surface area contributed by atoms with Crippen molar-refractivity contribution in [1.29, 1.82) is 0 Å². The summed E-state index contributed by atoms with van der Waals surface area (Å²) in [5, 5.41) is 0.0339. The molecule has 0 bridgehead atoms. The van der Waals surface area contributed by atoms with Crippen LogP contribution in [-0.2, 0) is 0 Å². The minimum atomic E-state index is -0.0526. The fraction of sp³-hybridized carbons (Fsp3) is 0.250. The van der Waals surface area contributed by atoms with Crippen molar-refractivity contribution in [3.63, 3.8) is 0 Å². The maximum absolute atomic E-state index is 5.82. The van der Waals surface area contributed by atoms with Crippen LogP contribution in [0.25, 0.3) is 0 Å². The summed E-state index contributed by atoms with van der Waals surface area (Å²) in [6.07, 6.45) is -0.0526. The van der Waals surface area contributed by atoms with Crippen molar-refractivity contribution >= 4 is 34.2 Å². The Morgan fingerprint density at radius 2 is 1.79 bits per heavy atom. The molecular formula is C12H11ClIN3O2. The van der Waals surface area contributed by atoms with E-state index in [1.54, 1.807) is 0 Å². The Kier molecular flexibility index (Phi) is 4.76. The summed E-state index contributed by atoms with van der Waals surface area (Å²) in [6.45, 7) is 3.75. The van der Waals surface area contributed by atoms with Gasteiger partial charge in [0.2, 0.25) is 5.28 Å². The van der Waals surface area contributed by atoms with Gasteiger partial charge in [-0.1, -0.05) is 12.1 Å². The van der Waals surface area contributed by atoms with E-state index in [9.17, 15) is 0 Å². The summed E-state index contributed by atoms with van der Waals surface area (Å²) in [4.78, 5) is 11.8. The van der Waals surface area contributed by atoms with Gasteiger partial charge in [-0.05, 0) is 60.2 Å². The molecular weight excluding hydrogens is 381 g/mol. The zero-order valence-corrected chi connectivity index (χ0v) is 13.2. The molecule has 19 heavy (non-hydrogen) atoms. The van der Waals surface area contributed by atoms with Gasteiger partial charge in [-0.15, -0.1) is 4.98 Å². The third kappa shape index (κ3) is 4.17. The smallest absolute Gasteiger partial charge is 0.329 e. The average Bonchev–Trinajstić information content (AvgIpc) is 2.30. The topological polar surface area (TPSA) is 57.1 Å². The number of halogens is 2. The Morgan fingerprint density at radius 3 is 2.47 bits per heavy atom. The fourth-order valence-corrected chi connectivity index (χ4v) is 1.89. The number of aromatic nitrogens is 3. The van der Waals surface area contributed by atoms with Gasteiger partial charge in [0, 0.05) is 0 Å². The van der Waals surface area contributed by atoms with Crippen molar-refractivity contribution in [2.75, 3.05) is 0 Å². The molecule has 2 rings (SSSR count). The van der Waals surface area contributed by atoms with Crippen LogP contribution in [0, 0.1) is 3.57 Å². The Hall–Kier alpha value is -1.15. The van der Waals surface area contributed by atoms with Crippen molar-refractivity contribution in [3.05, 3.63) is 33.1 Å². The first-order chi connectivity index (χ1) is 9.04. The van der Waals surface area contributed by atoms with E-state index >= 15 is 0 Å². The quantitative estimate of drug-likeness (QED) is 0.744. The first-order valence-electron chi connectivity index (χ1n) is 5.55. The molecule has 0 amide bonds. The van der Waals surface area contributed by atoms with E-state index < -0.39 is 0 Å². The summed E-state index contributed by atoms with van der Waals surface area (Å²) >= 11 is 7.98. The average molecular weight is 392 g/mol. The molecule has 100 valence electrons. The molecule has 0 aliphatic carbocycles. The Bertz CT molecular complexity index is 581. The molecule has 1 heterocycles. The summed E-state index contributed by atoms with van der Waals surface area (Å²) in [5.41, 5.74) is 0. The van der Waals surface area contributed by atoms with Gasteiger partial charge in [0.25, 0.3) is 0 Å². The summed E-state index contributed by atoms with van der Waals surface area (Å²) in [5.74, 6) is 0.654. The predicted molar refractivity (Wildman–Crippen MR) is 79.8 cm³/mol. The second-order valence-electron chi connectivity index (χ2n) is 3.87. The number of ether oxygens (including phenoxy) is 2. The number of hydrogen-bond donors (Lipinski definition) is 0. The van der Waals surface area contributed by atoms with Gasteiger partial charge in [-0.3, -0.25) is 0 Å². The van der Waals surface area contributed by atoms with Crippen LogP contribution in [0.4, 0.5) is 0 Å². The minimum Gasteiger partial charge on any atom is -0.461 e. The second-order valence-corrected chi connectivity index (χ2v) is 5.37. The van der Waals surface area contributed by atoms with E-state index in [1.807, 2.05) is 38.1 Å². The van der Waals surface area contributed by atoms with Crippen LogP contribution < -0.4 is 9.47 Å². The second kappa shape index (κ2) is 6.33. The van der Waals surface area contributed by atoms with E-state index in [2.05, 4.69) is 37.5 Å². The molecule has 0 unspecified atom stereocenters. The molecule has 0 saturated carbocycles. The molecule has 0 radical (unpaired) electrons. The molecule has 2 aromatic rings. The SMILES string of the molecule is CC(C)Oc1nc(Cl)nc(Oc2ccccc2I)n1. The van der Waals surface area contributed by atoms with E-state index in [4.69, 9.17) is 21.1 Å². The highest BCUT2D eigenvalue weighted by Crippen LogP contribution is 2.25. The Balaban J connectivity index is 2.25. The lowest BCUT2D eigenvalue weighted by molar-refractivity contribution is 0.218. The molecule has 0 aliphatic heterocycles. The molecule has 0 fully saturated rings. The summed E-state index contributed by atoms with van der Waals surface area (Å²) in [7, 11) is 0. The molecule has 1 aromatic carbocycles. The first kappa shape index (κ1) is 14.3. The van der Waals surface area contributed by atoms with Crippen LogP contribution >= 0.6 is 34.2 Å². The molecule has 0 saturated heterocycles. The van der Waals surface area contributed by atoms with Gasteiger partial charge in [0.15, 0.2) is 0 Å². The van der Waals surface area contributed by atoms with Crippen LogP contribution in [0.2, 0.25) is 5.28 Å². The van der Waals surface area contributed by atoms with Gasteiger partial charge >= 0.3 is 12.0 Å². The molecule has 0 aliphatic rings. The molecule has 5 nitrogen and oxygen atoms in total. The maximum Gasteiger partial charge on any atom is 0.329 e. The van der Waals surface area contributed by atoms with Gasteiger partial charge in [0.05, 0.1) is 9.67 Å². The number of nitrogens with zero attached hydrogens (tertiary/aromatic N) is 3. The first-order valence-corrected chi connectivity index (χ1v) is 7.01. The predicted octanol–water partition coefficient (Wildman–Crippen LogP) is 3.71. The van der Waals surface area contributed by atoms with Crippen molar-refractivity contribution in [2.24, 2.45) is 0 Å². The van der Waals surface area contributed by atoms with Crippen LogP contribution in [0.3, 0.4) is 0 Å². The molecule has 7 heteroatoms. The third-order valence-electron chi connectivity index (χ3n) is 1.95. The van der Waals surface area contributed by atoms with Crippen molar-refractivity contribution in [2.45, 2.75) is 20.0 Å². The van der Waals surface area contributed by atoms with E-state index in [1.165, 1.54) is 0 Å². The molecule has 0 N–H and O–H groups in total. The lowest BCUT2D eigenvalue weighted by Crippen LogP contribution is -2.09. The number of hydrogen-bond acceptors (Lipinski definition) is 5. The van der Waals surface area contributed by atoms with Crippen molar-refractivity contribution in [1.82, 2.24) is 15.0 Å². The molecule has 1 aromatic heterocycles. The highest BCUT2D eigenvalue weighted by molar-refractivity contribution is 14.1. The van der Waals surface area contributed by atoms with Crippen LogP contribution in [0.1, 0.15) is 13.8 Å². The van der Waals surface area contributed by atoms with E-state index in [-0.39, 0.29) is 23.4 Å². The highest BCUT2D eigenvalue weighted by Gasteiger charge is 2.10. The lowest BCUT2D eigenvalue weighted by Gasteiger charge is -2.09. The minimum absolute atomic E-state index is 0.0339. The third-order valence-corrected chi connectivity index (χ3v) is 3.01. The monoisotopic (exact) mass is 391 g/mol. The maximum atomic E-state index is 5.82. The normalized spacial score (nSPS) is 10.6. The summed E-state index contributed by atoms with van der Waals surface area (Å²) < 4.78 is 11.9. The zero-order chi connectivity index (χ0) is 13.8. The zero-order valence-electron chi connectivity index (χ0n) is 10.3. The number of rotatable bonds is 4. The van der Waals surface area contributed by atoms with Gasteiger partial charge in [-0.2, -0.15) is 9.97 Å². The molecule has 0 atom stereocenters. The standard InChI is InChI=1S/C12H11ClIN3O2/c1-7(2)18-11-15-10(13)16-12(17-11)19-9-6-4-3-5-8(9)14/h3-7H,1-2H3. The van der Waals surface area contributed by atoms with Crippen LogP contribution in [-0.4, -0.2) is 21.1 Å². The highest BCUT2D eigenvalue weighted by atomic mass is 127. The van der Waals surface area contributed by atoms with E-state index in [0.29, 0.717) is 5.75 Å². The number of benzene rings is 1. The summed E-state index contributed by atoms with van der Waals surface area (Å²) in [6, 6.07) is 7.79. The van der Waals surface area contributed by atoms with Gasteiger partial charge < -0.3 is 9.47 Å². The van der Waals surface area contributed by atoms with E-state index in [0.717, 1.165) is 3.57 Å². The van der Waals surface area contributed by atoms with Crippen molar-refractivity contribution in [3.8, 4) is 17.8 Å². The van der Waals surface area contributed by atoms with Gasteiger partial charge in [-0.25, -0.2) is 0 Å². The van der Waals surface area contributed by atoms with Crippen LogP contribution in [0.15, 0.2) is 24.3 Å².